The lowest BCUT2D eigenvalue weighted by atomic mass is 9.96. The second kappa shape index (κ2) is 5.52. The van der Waals surface area contributed by atoms with E-state index in [2.05, 4.69) is 0 Å². The smallest absolute Gasteiger partial charge is 0.312 e. The Balaban J connectivity index is 2.56. The summed E-state index contributed by atoms with van der Waals surface area (Å²) in [5.74, 6) is -0.463. The SMILES string of the molecule is CC(C)(C)[C@@H](O)OC(=O)Cc1cccc(Cl)c1. The fourth-order valence-corrected chi connectivity index (χ4v) is 1.37. The van der Waals surface area contributed by atoms with Crippen molar-refractivity contribution in [1.29, 1.82) is 0 Å². The Hall–Kier alpha value is -1.06. The zero-order valence-corrected chi connectivity index (χ0v) is 11.0. The Morgan fingerprint density at radius 1 is 1.47 bits per heavy atom. The number of hydrogen-bond donors (Lipinski definition) is 1. The average Bonchev–Trinajstić information content (AvgIpc) is 2.15. The first-order valence-electron chi connectivity index (χ1n) is 5.41. The van der Waals surface area contributed by atoms with Crippen molar-refractivity contribution in [3.63, 3.8) is 0 Å². The molecule has 0 aliphatic carbocycles. The van der Waals surface area contributed by atoms with Crippen molar-refractivity contribution in [2.45, 2.75) is 33.5 Å². The summed E-state index contributed by atoms with van der Waals surface area (Å²) < 4.78 is 4.93. The van der Waals surface area contributed by atoms with E-state index in [1.54, 1.807) is 45.0 Å². The van der Waals surface area contributed by atoms with Crippen molar-refractivity contribution < 1.29 is 14.6 Å². The van der Waals surface area contributed by atoms with Gasteiger partial charge in [0, 0.05) is 10.4 Å². The summed E-state index contributed by atoms with van der Waals surface area (Å²) in [6, 6.07) is 6.99. The molecule has 0 spiro atoms. The minimum atomic E-state index is -1.10. The number of rotatable bonds is 3. The number of benzene rings is 1. The highest BCUT2D eigenvalue weighted by molar-refractivity contribution is 6.30. The topological polar surface area (TPSA) is 46.5 Å². The first-order valence-corrected chi connectivity index (χ1v) is 5.79. The van der Waals surface area contributed by atoms with Crippen LogP contribution in [-0.2, 0) is 16.0 Å². The maximum atomic E-state index is 11.6. The molecule has 94 valence electrons. The van der Waals surface area contributed by atoms with Crippen LogP contribution in [0.15, 0.2) is 24.3 Å². The van der Waals surface area contributed by atoms with E-state index in [4.69, 9.17) is 16.3 Å². The molecule has 0 unspecified atom stereocenters. The Labute approximate surface area is 106 Å². The summed E-state index contributed by atoms with van der Waals surface area (Å²) >= 11 is 5.81. The molecule has 0 saturated heterocycles. The molecule has 3 nitrogen and oxygen atoms in total. The lowest BCUT2D eigenvalue weighted by molar-refractivity contribution is -0.185. The summed E-state index contributed by atoms with van der Waals surface area (Å²) in [5.41, 5.74) is 0.285. The van der Waals surface area contributed by atoms with Gasteiger partial charge in [0.15, 0.2) is 0 Å². The molecular weight excluding hydrogens is 240 g/mol. The lowest BCUT2D eigenvalue weighted by Crippen LogP contribution is -2.31. The van der Waals surface area contributed by atoms with E-state index in [1.165, 1.54) is 0 Å². The Morgan fingerprint density at radius 2 is 2.12 bits per heavy atom. The fourth-order valence-electron chi connectivity index (χ4n) is 1.16. The van der Waals surface area contributed by atoms with Crippen LogP contribution in [0.3, 0.4) is 0 Å². The Kier molecular flexibility index (Phi) is 4.54. The predicted octanol–water partition coefficient (Wildman–Crippen LogP) is 2.79. The van der Waals surface area contributed by atoms with Gasteiger partial charge in [-0.15, -0.1) is 0 Å². The third-order valence-electron chi connectivity index (χ3n) is 2.22. The molecular formula is C13H17ClO3. The standard InChI is InChI=1S/C13H17ClO3/c1-13(2,3)12(16)17-11(15)8-9-5-4-6-10(14)7-9/h4-7,12,16H,8H2,1-3H3/t12-/m0/s1. The molecule has 0 radical (unpaired) electrons. The fraction of sp³-hybridized carbons (Fsp3) is 0.462. The van der Waals surface area contributed by atoms with E-state index in [0.29, 0.717) is 5.02 Å². The molecule has 0 aromatic heterocycles. The van der Waals surface area contributed by atoms with Gasteiger partial charge >= 0.3 is 5.97 Å². The molecule has 1 N–H and O–H groups in total. The van der Waals surface area contributed by atoms with Crippen molar-refractivity contribution >= 4 is 17.6 Å². The number of aliphatic hydroxyl groups excluding tert-OH is 1. The van der Waals surface area contributed by atoms with Crippen LogP contribution in [0.25, 0.3) is 0 Å². The maximum Gasteiger partial charge on any atom is 0.312 e. The van der Waals surface area contributed by atoms with Crippen molar-refractivity contribution in [1.82, 2.24) is 0 Å². The molecule has 1 aromatic carbocycles. The van der Waals surface area contributed by atoms with Crippen LogP contribution < -0.4 is 0 Å². The second-order valence-corrected chi connectivity index (χ2v) is 5.45. The number of ether oxygens (including phenoxy) is 1. The van der Waals surface area contributed by atoms with Gasteiger partial charge in [0.2, 0.25) is 6.29 Å². The van der Waals surface area contributed by atoms with E-state index >= 15 is 0 Å². The van der Waals surface area contributed by atoms with Crippen LogP contribution in [0.2, 0.25) is 5.02 Å². The molecule has 0 bridgehead atoms. The first kappa shape index (κ1) is 14.0. The van der Waals surface area contributed by atoms with Crippen molar-refractivity contribution in [3.05, 3.63) is 34.9 Å². The molecule has 0 amide bonds. The normalized spacial score (nSPS) is 13.2. The quantitative estimate of drug-likeness (QED) is 0.668. The molecule has 17 heavy (non-hydrogen) atoms. The number of halogens is 1. The van der Waals surface area contributed by atoms with Gasteiger partial charge in [-0.1, -0.05) is 44.5 Å². The molecule has 0 aliphatic rings. The van der Waals surface area contributed by atoms with Crippen LogP contribution in [0.1, 0.15) is 26.3 Å². The predicted molar refractivity (Wildman–Crippen MR) is 66.7 cm³/mol. The van der Waals surface area contributed by atoms with E-state index in [9.17, 15) is 9.90 Å². The van der Waals surface area contributed by atoms with E-state index < -0.39 is 17.7 Å². The average molecular weight is 257 g/mol. The second-order valence-electron chi connectivity index (χ2n) is 5.01. The minimum absolute atomic E-state index is 0.105. The third kappa shape index (κ3) is 4.75. The zero-order chi connectivity index (χ0) is 13.1. The van der Waals surface area contributed by atoms with Gasteiger partial charge in [0.25, 0.3) is 0 Å². The molecule has 0 heterocycles. The summed E-state index contributed by atoms with van der Waals surface area (Å²) in [6.07, 6.45) is -0.998. The van der Waals surface area contributed by atoms with Gasteiger partial charge in [0.1, 0.15) is 0 Å². The maximum absolute atomic E-state index is 11.6. The Bertz CT molecular complexity index is 396. The number of hydrogen-bond acceptors (Lipinski definition) is 3. The van der Waals surface area contributed by atoms with Crippen LogP contribution in [0.4, 0.5) is 0 Å². The highest BCUT2D eigenvalue weighted by atomic mass is 35.5. The van der Waals surface area contributed by atoms with Crippen molar-refractivity contribution in [3.8, 4) is 0 Å². The highest BCUT2D eigenvalue weighted by Gasteiger charge is 2.25. The van der Waals surface area contributed by atoms with E-state index in [1.807, 2.05) is 0 Å². The first-order chi connectivity index (χ1) is 7.79. The molecule has 1 atom stereocenters. The monoisotopic (exact) mass is 256 g/mol. The van der Waals surface area contributed by atoms with Gasteiger partial charge in [-0.25, -0.2) is 0 Å². The van der Waals surface area contributed by atoms with Gasteiger partial charge < -0.3 is 9.84 Å². The van der Waals surface area contributed by atoms with E-state index in [0.717, 1.165) is 5.56 Å². The summed E-state index contributed by atoms with van der Waals surface area (Å²) in [7, 11) is 0. The number of carbonyl (C=O) groups excluding carboxylic acids is 1. The summed E-state index contributed by atoms with van der Waals surface area (Å²) in [5, 5.41) is 10.2. The van der Waals surface area contributed by atoms with Crippen LogP contribution >= 0.6 is 11.6 Å². The largest absolute Gasteiger partial charge is 0.435 e. The minimum Gasteiger partial charge on any atom is -0.435 e. The molecule has 0 fully saturated rings. The van der Waals surface area contributed by atoms with Crippen LogP contribution in [-0.4, -0.2) is 17.4 Å². The third-order valence-corrected chi connectivity index (χ3v) is 2.46. The van der Waals surface area contributed by atoms with Gasteiger partial charge in [0.05, 0.1) is 6.42 Å². The lowest BCUT2D eigenvalue weighted by Gasteiger charge is -2.25. The van der Waals surface area contributed by atoms with E-state index in [-0.39, 0.29) is 6.42 Å². The number of carbonyl (C=O) groups is 1. The molecule has 1 aromatic rings. The molecule has 1 rings (SSSR count). The van der Waals surface area contributed by atoms with Crippen molar-refractivity contribution in [2.75, 3.05) is 0 Å². The molecule has 0 aliphatic heterocycles. The number of aliphatic hydroxyl groups is 1. The summed E-state index contributed by atoms with van der Waals surface area (Å²) in [6.45, 7) is 5.39. The van der Waals surface area contributed by atoms with Gasteiger partial charge in [-0.05, 0) is 17.7 Å². The zero-order valence-electron chi connectivity index (χ0n) is 10.2. The highest BCUT2D eigenvalue weighted by Crippen LogP contribution is 2.20. The van der Waals surface area contributed by atoms with Crippen LogP contribution in [0.5, 0.6) is 0 Å². The van der Waals surface area contributed by atoms with Gasteiger partial charge in [-0.3, -0.25) is 4.79 Å². The van der Waals surface area contributed by atoms with Crippen LogP contribution in [0, 0.1) is 5.41 Å². The Morgan fingerprint density at radius 3 is 2.65 bits per heavy atom. The van der Waals surface area contributed by atoms with Gasteiger partial charge in [-0.2, -0.15) is 0 Å². The molecule has 4 heteroatoms. The molecule has 0 saturated carbocycles. The summed E-state index contributed by atoms with van der Waals surface area (Å²) in [4.78, 5) is 11.6. The number of esters is 1. The van der Waals surface area contributed by atoms with Crippen molar-refractivity contribution in [2.24, 2.45) is 5.41 Å².